The number of fused-ring (bicyclic) bond motifs is 6. The van der Waals surface area contributed by atoms with E-state index in [0.717, 1.165) is 34.8 Å². The fourth-order valence-electron chi connectivity index (χ4n) is 17.5. The number of hydrogen-bond acceptors (Lipinski definition) is 1. The van der Waals surface area contributed by atoms with Gasteiger partial charge in [0.15, 0.2) is 0 Å². The summed E-state index contributed by atoms with van der Waals surface area (Å²) in [6, 6.07) is 92.6. The number of anilines is 3. The Morgan fingerprint density at radius 3 is 1.00 bits per heavy atom. The van der Waals surface area contributed by atoms with Gasteiger partial charge in [-0.3, -0.25) is 0 Å². The van der Waals surface area contributed by atoms with Crippen LogP contribution in [-0.4, -0.2) is 0 Å². The third-order valence-corrected chi connectivity index (χ3v) is 21.3. The van der Waals surface area contributed by atoms with E-state index in [9.17, 15) is 0 Å². The average Bonchev–Trinajstić information content (AvgIpc) is 2.38. The molecule has 0 radical (unpaired) electrons. The van der Waals surface area contributed by atoms with Gasteiger partial charge in [0.2, 0.25) is 0 Å². The minimum atomic E-state index is -0.603. The topological polar surface area (TPSA) is 3.24 Å². The molecule has 1 unspecified atom stereocenters. The summed E-state index contributed by atoms with van der Waals surface area (Å²) in [5.74, 6) is 2.78. The van der Waals surface area contributed by atoms with Gasteiger partial charge in [0.25, 0.3) is 0 Å². The van der Waals surface area contributed by atoms with Crippen molar-refractivity contribution in [3.8, 4) is 33.4 Å². The molecule has 85 heavy (non-hydrogen) atoms. The highest BCUT2D eigenvalue weighted by Gasteiger charge is 2.52. The van der Waals surface area contributed by atoms with Crippen LogP contribution in [0.25, 0.3) is 33.4 Å². The molecule has 6 aliphatic rings. The lowest BCUT2D eigenvalue weighted by Crippen LogP contribution is -2.48. The molecule has 1 heteroatoms. The molecule has 1 nitrogen and oxygen atoms in total. The van der Waals surface area contributed by atoms with E-state index in [1.807, 2.05) is 0 Å². The van der Waals surface area contributed by atoms with E-state index < -0.39 is 10.8 Å². The standard InChI is InChI=1S/C84H81N/c1-79(2,3)60-29-35-65(36-30-60)83(64-17-11-10-12-18-64)75-21-15-13-19-71(75)73-45-43-69(50-77(73)83)85(68-41-25-59(26-42-68)58-23-27-63(28-24-58)82-52-55-47-56(53-82)49-57(48-55)54-82)70-44-46-74-72-20-14-16-22-76(72)84(78(74)51-70,66-37-31-61(32-38-66)80(4,5)6)67-39-33-62(34-40-67)81(7,8)9/h10-46,50-51,55-57H,47-49,52-54H2,1-9H3. The molecule has 4 fully saturated rings. The fraction of sp³-hybridized carbons (Fsp3) is 0.286. The monoisotopic (exact) mass is 1100 g/mol. The van der Waals surface area contributed by atoms with Gasteiger partial charge in [-0.15, -0.1) is 0 Å². The van der Waals surface area contributed by atoms with Crippen molar-refractivity contribution in [3.63, 3.8) is 0 Å². The lowest BCUT2D eigenvalue weighted by atomic mass is 9.48. The summed E-state index contributed by atoms with van der Waals surface area (Å²) < 4.78 is 0. The van der Waals surface area contributed by atoms with Crippen molar-refractivity contribution in [1.82, 2.24) is 0 Å². The summed E-state index contributed by atoms with van der Waals surface area (Å²) in [5, 5.41) is 0. The largest absolute Gasteiger partial charge is 0.310 e. The van der Waals surface area contributed by atoms with Crippen molar-refractivity contribution in [2.75, 3.05) is 4.90 Å². The van der Waals surface area contributed by atoms with Crippen molar-refractivity contribution in [1.29, 1.82) is 0 Å². The molecule has 4 bridgehead atoms. The number of rotatable bonds is 9. The first-order chi connectivity index (χ1) is 40.9. The van der Waals surface area contributed by atoms with Gasteiger partial charge < -0.3 is 4.90 Å². The summed E-state index contributed by atoms with van der Waals surface area (Å²) in [6.07, 6.45) is 8.56. The van der Waals surface area contributed by atoms with Gasteiger partial charge in [0, 0.05) is 17.1 Å². The third-order valence-electron chi connectivity index (χ3n) is 21.3. The minimum Gasteiger partial charge on any atom is -0.310 e. The van der Waals surface area contributed by atoms with Crippen LogP contribution in [0.5, 0.6) is 0 Å². The van der Waals surface area contributed by atoms with Gasteiger partial charge in [0.05, 0.1) is 10.8 Å². The Morgan fingerprint density at radius 2 is 0.612 bits per heavy atom. The molecule has 0 N–H and O–H groups in total. The highest BCUT2D eigenvalue weighted by atomic mass is 15.1. The predicted molar refractivity (Wildman–Crippen MR) is 357 cm³/mol. The SMILES string of the molecule is CC(C)(C)c1ccc(C2(c3ccccc3)c3ccccc3-c3ccc(N(c4ccc(-c5ccc(C67CC8CC(CC(C8)C6)C7)cc5)cc4)c4ccc5c(c4)C(c4ccc(C(C)(C)C)cc4)(c4ccc(C(C)(C)C)cc4)c4ccccc4-5)cc32)cc1. The maximum atomic E-state index is 2.56. The lowest BCUT2D eigenvalue weighted by Gasteiger charge is -2.57. The smallest absolute Gasteiger partial charge is 0.0714 e. The Bertz CT molecular complexity index is 4060. The Morgan fingerprint density at radius 1 is 0.294 bits per heavy atom. The molecule has 0 heterocycles. The second kappa shape index (κ2) is 19.5. The molecule has 1 atom stereocenters. The summed E-state index contributed by atoms with van der Waals surface area (Å²) >= 11 is 0. The predicted octanol–water partition coefficient (Wildman–Crippen LogP) is 21.9. The van der Waals surface area contributed by atoms with Gasteiger partial charge in [-0.2, -0.15) is 0 Å². The van der Waals surface area contributed by atoms with E-state index in [2.05, 4.69) is 304 Å². The van der Waals surface area contributed by atoms with Crippen LogP contribution in [0, 0.1) is 17.8 Å². The van der Waals surface area contributed by atoms with Gasteiger partial charge >= 0.3 is 0 Å². The second-order valence-corrected chi connectivity index (χ2v) is 29.6. The van der Waals surface area contributed by atoms with Crippen molar-refractivity contribution in [3.05, 3.63) is 303 Å². The Labute approximate surface area is 506 Å². The first kappa shape index (κ1) is 53.7. The molecule has 16 rings (SSSR count). The molecule has 0 amide bonds. The summed E-state index contributed by atoms with van der Waals surface area (Å²) in [4.78, 5) is 2.56. The molecule has 0 aliphatic heterocycles. The normalized spacial score (nSPS) is 21.5. The van der Waals surface area contributed by atoms with Gasteiger partial charge in [0.1, 0.15) is 0 Å². The average molecular weight is 1100 g/mol. The number of hydrogen-bond donors (Lipinski definition) is 0. The third kappa shape index (κ3) is 8.52. The highest BCUT2D eigenvalue weighted by molar-refractivity contribution is 5.92. The first-order valence-electron chi connectivity index (χ1n) is 31.8. The van der Waals surface area contributed by atoms with E-state index in [1.165, 1.54) is 133 Å². The van der Waals surface area contributed by atoms with Crippen LogP contribution in [0.15, 0.2) is 237 Å². The van der Waals surface area contributed by atoms with Crippen LogP contribution >= 0.6 is 0 Å². The Balaban J connectivity index is 0.936. The minimum absolute atomic E-state index is 0.0114. The number of nitrogens with zero attached hydrogens (tertiary/aromatic N) is 1. The fourth-order valence-corrected chi connectivity index (χ4v) is 17.5. The molecule has 422 valence electrons. The first-order valence-corrected chi connectivity index (χ1v) is 31.8. The zero-order valence-corrected chi connectivity index (χ0v) is 51.4. The molecule has 0 saturated heterocycles. The van der Waals surface area contributed by atoms with Crippen molar-refractivity contribution in [2.24, 2.45) is 17.8 Å². The van der Waals surface area contributed by atoms with E-state index >= 15 is 0 Å². The summed E-state index contributed by atoms with van der Waals surface area (Å²) in [7, 11) is 0. The molecule has 6 aliphatic carbocycles. The van der Waals surface area contributed by atoms with Crippen LogP contribution in [0.2, 0.25) is 0 Å². The second-order valence-electron chi connectivity index (χ2n) is 29.6. The van der Waals surface area contributed by atoms with Crippen LogP contribution in [-0.2, 0) is 32.5 Å². The van der Waals surface area contributed by atoms with Crippen LogP contribution < -0.4 is 4.90 Å². The highest BCUT2D eigenvalue weighted by Crippen LogP contribution is 2.62. The summed E-state index contributed by atoms with van der Waals surface area (Å²) in [6.45, 7) is 20.9. The molecule has 0 spiro atoms. The molecule has 10 aromatic carbocycles. The van der Waals surface area contributed by atoms with E-state index in [0.29, 0.717) is 5.41 Å². The molecular formula is C84H81N. The van der Waals surface area contributed by atoms with E-state index in [4.69, 9.17) is 0 Å². The molecular weight excluding hydrogens is 1020 g/mol. The summed E-state index contributed by atoms with van der Waals surface area (Å²) in [5.41, 5.74) is 26.1. The Hall–Kier alpha value is -8.00. The van der Waals surface area contributed by atoms with Crippen molar-refractivity contribution in [2.45, 2.75) is 133 Å². The van der Waals surface area contributed by atoms with Gasteiger partial charge in [-0.25, -0.2) is 0 Å². The number of benzene rings is 10. The van der Waals surface area contributed by atoms with Crippen molar-refractivity contribution >= 4 is 17.1 Å². The zero-order chi connectivity index (χ0) is 58.3. The Kier molecular flexibility index (Phi) is 12.3. The van der Waals surface area contributed by atoms with Crippen LogP contribution in [0.3, 0.4) is 0 Å². The lowest BCUT2D eigenvalue weighted by molar-refractivity contribution is -0.00518. The maximum absolute atomic E-state index is 2.56. The molecule has 10 aromatic rings. The van der Waals surface area contributed by atoms with Crippen LogP contribution in [0.1, 0.15) is 168 Å². The van der Waals surface area contributed by atoms with Gasteiger partial charge in [-0.1, -0.05) is 263 Å². The molecule has 0 aromatic heterocycles. The molecule has 4 saturated carbocycles. The van der Waals surface area contributed by atoms with E-state index in [1.54, 1.807) is 5.56 Å². The quantitative estimate of drug-likeness (QED) is 0.139. The van der Waals surface area contributed by atoms with Gasteiger partial charge in [-0.05, 0) is 214 Å². The zero-order valence-electron chi connectivity index (χ0n) is 51.4. The van der Waals surface area contributed by atoms with E-state index in [-0.39, 0.29) is 16.2 Å². The maximum Gasteiger partial charge on any atom is 0.0714 e. The van der Waals surface area contributed by atoms with Crippen molar-refractivity contribution < 1.29 is 0 Å². The van der Waals surface area contributed by atoms with Crippen LogP contribution in [0.4, 0.5) is 17.1 Å².